The van der Waals surface area contributed by atoms with Gasteiger partial charge in [0.05, 0.1) is 5.69 Å². The molecule has 1 N–H and O–H groups in total. The lowest BCUT2D eigenvalue weighted by Crippen LogP contribution is -2.19. The van der Waals surface area contributed by atoms with Gasteiger partial charge in [-0.3, -0.25) is 4.79 Å². The molecule has 0 aliphatic rings. The molecule has 1 amide bonds. The second-order valence-electron chi connectivity index (χ2n) is 6.01. The van der Waals surface area contributed by atoms with Gasteiger partial charge in [-0.25, -0.2) is 4.68 Å². The van der Waals surface area contributed by atoms with Crippen molar-refractivity contribution in [1.29, 1.82) is 0 Å². The summed E-state index contributed by atoms with van der Waals surface area (Å²) in [5.41, 5.74) is 2.50. The van der Waals surface area contributed by atoms with E-state index in [1.54, 1.807) is 4.68 Å². The number of aromatic nitrogens is 4. The standard InChI is InChI=1S/C21H17N5OS/c27-21(23-17-11-13-18(14-12-17)26-15-22-24-25-26)20(16-7-3-1-4-8-16)28-19-9-5-2-6-10-19/h1-15,20H,(H,23,27)/t20-/m0/s1. The Hall–Kier alpha value is -3.45. The fourth-order valence-corrected chi connectivity index (χ4v) is 3.77. The number of rotatable bonds is 6. The molecule has 0 fully saturated rings. The van der Waals surface area contributed by atoms with Crippen LogP contribution in [0.25, 0.3) is 5.69 Å². The summed E-state index contributed by atoms with van der Waals surface area (Å²) in [7, 11) is 0. The van der Waals surface area contributed by atoms with Gasteiger partial charge in [0.1, 0.15) is 11.6 Å². The zero-order chi connectivity index (χ0) is 19.2. The van der Waals surface area contributed by atoms with E-state index in [1.807, 2.05) is 84.9 Å². The molecule has 1 heterocycles. The number of nitrogens with zero attached hydrogens (tertiary/aromatic N) is 4. The van der Waals surface area contributed by atoms with Crippen LogP contribution in [0.2, 0.25) is 0 Å². The smallest absolute Gasteiger partial charge is 0.242 e. The van der Waals surface area contributed by atoms with Gasteiger partial charge in [-0.05, 0) is 52.4 Å². The Morgan fingerprint density at radius 3 is 2.21 bits per heavy atom. The van der Waals surface area contributed by atoms with Crippen LogP contribution in [-0.2, 0) is 4.79 Å². The Labute approximate surface area is 166 Å². The van der Waals surface area contributed by atoms with Crippen molar-refractivity contribution in [2.45, 2.75) is 10.1 Å². The minimum atomic E-state index is -0.359. The Bertz CT molecular complexity index is 1020. The van der Waals surface area contributed by atoms with Crippen molar-refractivity contribution >= 4 is 23.4 Å². The molecular formula is C21H17N5OS. The first-order valence-corrected chi connectivity index (χ1v) is 9.58. The van der Waals surface area contributed by atoms with Gasteiger partial charge < -0.3 is 5.32 Å². The number of carbonyl (C=O) groups is 1. The van der Waals surface area contributed by atoms with Crippen LogP contribution in [0.4, 0.5) is 5.69 Å². The Morgan fingerprint density at radius 1 is 0.893 bits per heavy atom. The first-order chi connectivity index (χ1) is 13.8. The molecule has 0 aliphatic carbocycles. The Balaban J connectivity index is 1.53. The van der Waals surface area contributed by atoms with Crippen molar-refractivity contribution in [3.63, 3.8) is 0 Å². The SMILES string of the molecule is O=C(Nc1ccc(-n2cnnn2)cc1)[C@@H](Sc1ccccc1)c1ccccc1. The van der Waals surface area contributed by atoms with Gasteiger partial charge in [0.25, 0.3) is 0 Å². The summed E-state index contributed by atoms with van der Waals surface area (Å²) in [6, 6.07) is 27.1. The lowest BCUT2D eigenvalue weighted by Gasteiger charge is -2.17. The molecule has 4 rings (SSSR count). The number of tetrazole rings is 1. The lowest BCUT2D eigenvalue weighted by molar-refractivity contribution is -0.115. The average Bonchev–Trinajstić information content (AvgIpc) is 3.29. The van der Waals surface area contributed by atoms with Crippen molar-refractivity contribution in [3.05, 3.63) is 96.8 Å². The van der Waals surface area contributed by atoms with E-state index in [0.29, 0.717) is 0 Å². The number of thioether (sulfide) groups is 1. The number of carbonyl (C=O) groups excluding carboxylic acids is 1. The van der Waals surface area contributed by atoms with E-state index in [0.717, 1.165) is 21.8 Å². The number of hydrogen-bond donors (Lipinski definition) is 1. The fourth-order valence-electron chi connectivity index (χ4n) is 2.72. The van der Waals surface area contributed by atoms with Crippen LogP contribution in [0, 0.1) is 0 Å². The summed E-state index contributed by atoms with van der Waals surface area (Å²) in [4.78, 5) is 14.1. The van der Waals surface area contributed by atoms with Gasteiger partial charge in [-0.1, -0.05) is 48.5 Å². The van der Waals surface area contributed by atoms with Crippen LogP contribution in [0.1, 0.15) is 10.8 Å². The number of amides is 1. The van der Waals surface area contributed by atoms with Gasteiger partial charge in [-0.15, -0.1) is 16.9 Å². The normalized spacial score (nSPS) is 11.7. The molecule has 0 spiro atoms. The zero-order valence-corrected chi connectivity index (χ0v) is 15.7. The maximum atomic E-state index is 13.1. The fraction of sp³-hybridized carbons (Fsp3) is 0.0476. The molecule has 0 bridgehead atoms. The third kappa shape index (κ3) is 4.27. The minimum absolute atomic E-state index is 0.0739. The Morgan fingerprint density at radius 2 is 1.57 bits per heavy atom. The average molecular weight is 387 g/mol. The molecule has 28 heavy (non-hydrogen) atoms. The van der Waals surface area contributed by atoms with E-state index < -0.39 is 0 Å². The van der Waals surface area contributed by atoms with Gasteiger partial charge >= 0.3 is 0 Å². The topological polar surface area (TPSA) is 72.7 Å². The molecule has 0 saturated carbocycles. The van der Waals surface area contributed by atoms with E-state index in [4.69, 9.17) is 0 Å². The van der Waals surface area contributed by atoms with Gasteiger partial charge in [0.2, 0.25) is 5.91 Å². The summed E-state index contributed by atoms with van der Waals surface area (Å²) in [5.74, 6) is -0.0739. The molecule has 6 nitrogen and oxygen atoms in total. The largest absolute Gasteiger partial charge is 0.325 e. The highest BCUT2D eigenvalue weighted by Crippen LogP contribution is 2.36. The van der Waals surface area contributed by atoms with Gasteiger partial charge in [-0.2, -0.15) is 0 Å². The molecular weight excluding hydrogens is 370 g/mol. The van der Waals surface area contributed by atoms with Crippen LogP contribution in [-0.4, -0.2) is 26.1 Å². The van der Waals surface area contributed by atoms with Crippen LogP contribution >= 0.6 is 11.8 Å². The maximum absolute atomic E-state index is 13.1. The number of nitrogens with one attached hydrogen (secondary N) is 1. The predicted octanol–water partition coefficient (Wildman–Crippen LogP) is 4.13. The second-order valence-corrected chi connectivity index (χ2v) is 7.19. The summed E-state index contributed by atoms with van der Waals surface area (Å²) in [6.45, 7) is 0. The van der Waals surface area contributed by atoms with Crippen LogP contribution in [0.3, 0.4) is 0 Å². The summed E-state index contributed by atoms with van der Waals surface area (Å²) in [5, 5.41) is 13.8. The molecule has 0 radical (unpaired) electrons. The number of anilines is 1. The highest BCUT2D eigenvalue weighted by atomic mass is 32.2. The first-order valence-electron chi connectivity index (χ1n) is 8.70. The lowest BCUT2D eigenvalue weighted by atomic mass is 10.1. The van der Waals surface area contributed by atoms with Crippen LogP contribution in [0.5, 0.6) is 0 Å². The molecule has 4 aromatic rings. The first kappa shape index (κ1) is 17.9. The van der Waals surface area contributed by atoms with Crippen molar-refractivity contribution in [2.24, 2.45) is 0 Å². The number of benzene rings is 3. The van der Waals surface area contributed by atoms with E-state index in [9.17, 15) is 4.79 Å². The molecule has 0 aliphatic heterocycles. The van der Waals surface area contributed by atoms with Crippen molar-refractivity contribution in [2.75, 3.05) is 5.32 Å². The molecule has 7 heteroatoms. The van der Waals surface area contributed by atoms with Gasteiger partial charge in [0.15, 0.2) is 0 Å². The predicted molar refractivity (Wildman–Crippen MR) is 109 cm³/mol. The van der Waals surface area contributed by atoms with Crippen molar-refractivity contribution in [3.8, 4) is 5.69 Å². The quantitative estimate of drug-likeness (QED) is 0.504. The number of hydrogen-bond acceptors (Lipinski definition) is 5. The highest BCUT2D eigenvalue weighted by molar-refractivity contribution is 8.00. The zero-order valence-electron chi connectivity index (χ0n) is 14.8. The molecule has 0 saturated heterocycles. The molecule has 1 atom stereocenters. The third-order valence-corrected chi connectivity index (χ3v) is 5.35. The van der Waals surface area contributed by atoms with Crippen molar-refractivity contribution in [1.82, 2.24) is 20.2 Å². The van der Waals surface area contributed by atoms with E-state index >= 15 is 0 Å². The molecule has 138 valence electrons. The summed E-state index contributed by atoms with van der Waals surface area (Å²) < 4.78 is 1.56. The summed E-state index contributed by atoms with van der Waals surface area (Å²) >= 11 is 1.53. The summed E-state index contributed by atoms with van der Waals surface area (Å²) in [6.07, 6.45) is 1.52. The van der Waals surface area contributed by atoms with Crippen LogP contribution in [0.15, 0.2) is 96.2 Å². The molecule has 0 unspecified atom stereocenters. The monoisotopic (exact) mass is 387 g/mol. The highest BCUT2D eigenvalue weighted by Gasteiger charge is 2.22. The van der Waals surface area contributed by atoms with Gasteiger partial charge in [0, 0.05) is 10.6 Å². The van der Waals surface area contributed by atoms with E-state index in [-0.39, 0.29) is 11.2 Å². The third-order valence-electron chi connectivity index (χ3n) is 4.09. The maximum Gasteiger partial charge on any atom is 0.242 e. The van der Waals surface area contributed by atoms with E-state index in [2.05, 4.69) is 20.8 Å². The molecule has 3 aromatic carbocycles. The van der Waals surface area contributed by atoms with Crippen LogP contribution < -0.4 is 5.32 Å². The minimum Gasteiger partial charge on any atom is -0.325 e. The van der Waals surface area contributed by atoms with E-state index in [1.165, 1.54) is 18.1 Å². The Kier molecular flexibility index (Phi) is 5.44. The van der Waals surface area contributed by atoms with Crippen molar-refractivity contribution < 1.29 is 4.79 Å². The second kappa shape index (κ2) is 8.49. The molecule has 1 aromatic heterocycles.